The molecule has 1 amide bonds. The summed E-state index contributed by atoms with van der Waals surface area (Å²) >= 11 is 0. The number of hydrogen-bond acceptors (Lipinski definition) is 4. The molecular formula is C20H25N3O3. The van der Waals surface area contributed by atoms with Crippen LogP contribution >= 0.6 is 0 Å². The van der Waals surface area contributed by atoms with Crippen LogP contribution in [-0.2, 0) is 4.79 Å². The van der Waals surface area contributed by atoms with Crippen molar-refractivity contribution in [3.63, 3.8) is 0 Å². The van der Waals surface area contributed by atoms with Gasteiger partial charge in [-0.3, -0.25) is 9.59 Å². The number of carbonyl (C=O) groups is 1. The number of para-hydroxylation sites is 1. The molecule has 2 aromatic rings. The smallest absolute Gasteiger partial charge is 0.251 e. The van der Waals surface area contributed by atoms with Gasteiger partial charge in [-0.05, 0) is 38.3 Å². The second-order valence-corrected chi connectivity index (χ2v) is 6.68. The first-order chi connectivity index (χ1) is 12.6. The Balaban J connectivity index is 1.41. The monoisotopic (exact) mass is 355 g/mol. The summed E-state index contributed by atoms with van der Waals surface area (Å²) in [6.45, 7) is 3.77. The lowest BCUT2D eigenvalue weighted by atomic mass is 9.93. The van der Waals surface area contributed by atoms with Crippen molar-refractivity contribution in [3.05, 3.63) is 58.3 Å². The van der Waals surface area contributed by atoms with Crippen molar-refractivity contribution in [2.75, 3.05) is 19.7 Å². The third-order valence-electron chi connectivity index (χ3n) is 4.69. The highest BCUT2D eigenvalue weighted by molar-refractivity contribution is 5.76. The molecule has 1 fully saturated rings. The number of aromatic amines is 1. The van der Waals surface area contributed by atoms with E-state index in [0.29, 0.717) is 25.3 Å². The van der Waals surface area contributed by atoms with Gasteiger partial charge >= 0.3 is 0 Å². The summed E-state index contributed by atoms with van der Waals surface area (Å²) in [4.78, 5) is 33.0. The van der Waals surface area contributed by atoms with Crippen LogP contribution < -0.4 is 10.3 Å². The SMILES string of the molecule is Cc1nc(C2CCN(C(=O)CCCOc3ccccc3)CC2)cc(=O)[nH]1. The summed E-state index contributed by atoms with van der Waals surface area (Å²) in [6, 6.07) is 11.2. The van der Waals surface area contributed by atoms with Gasteiger partial charge in [0.2, 0.25) is 5.91 Å². The lowest BCUT2D eigenvalue weighted by molar-refractivity contribution is -0.132. The quantitative estimate of drug-likeness (QED) is 0.808. The number of amides is 1. The minimum Gasteiger partial charge on any atom is -0.494 e. The number of H-pyrrole nitrogens is 1. The number of aromatic nitrogens is 2. The van der Waals surface area contributed by atoms with Gasteiger partial charge < -0.3 is 14.6 Å². The average Bonchev–Trinajstić information content (AvgIpc) is 2.65. The van der Waals surface area contributed by atoms with Crippen LogP contribution in [0.5, 0.6) is 5.75 Å². The number of nitrogens with one attached hydrogen (secondary N) is 1. The standard InChI is InChI=1S/C20H25N3O3/c1-15-21-18(14-19(24)22-15)16-9-11-23(12-10-16)20(25)8-5-13-26-17-6-3-2-4-7-17/h2-4,6-7,14,16H,5,8-13H2,1H3,(H,21,22,24). The first kappa shape index (κ1) is 18.2. The molecular weight excluding hydrogens is 330 g/mol. The molecule has 0 atom stereocenters. The van der Waals surface area contributed by atoms with Crippen LogP contribution in [0.3, 0.4) is 0 Å². The van der Waals surface area contributed by atoms with E-state index in [4.69, 9.17) is 4.74 Å². The molecule has 1 aromatic heterocycles. The van der Waals surface area contributed by atoms with Gasteiger partial charge in [0.15, 0.2) is 0 Å². The molecule has 6 nitrogen and oxygen atoms in total. The Morgan fingerprint density at radius 2 is 2.00 bits per heavy atom. The van der Waals surface area contributed by atoms with Crippen molar-refractivity contribution >= 4 is 5.91 Å². The van der Waals surface area contributed by atoms with Crippen LogP contribution in [0.2, 0.25) is 0 Å². The zero-order valence-electron chi connectivity index (χ0n) is 15.1. The predicted octanol–water partition coefficient (Wildman–Crippen LogP) is 2.64. The van der Waals surface area contributed by atoms with Crippen molar-refractivity contribution < 1.29 is 9.53 Å². The lowest BCUT2D eigenvalue weighted by Gasteiger charge is -2.31. The number of ether oxygens (including phenoxy) is 1. The fraction of sp³-hybridized carbons (Fsp3) is 0.450. The number of benzene rings is 1. The van der Waals surface area contributed by atoms with Crippen molar-refractivity contribution in [1.29, 1.82) is 0 Å². The molecule has 138 valence electrons. The molecule has 1 aliphatic heterocycles. The van der Waals surface area contributed by atoms with E-state index in [0.717, 1.165) is 37.4 Å². The minimum atomic E-state index is -0.107. The number of aryl methyl sites for hydroxylation is 1. The molecule has 0 unspecified atom stereocenters. The Labute approximate surface area is 153 Å². The normalized spacial score (nSPS) is 15.0. The molecule has 0 aliphatic carbocycles. The molecule has 6 heteroatoms. The number of likely N-dealkylation sites (tertiary alicyclic amines) is 1. The van der Waals surface area contributed by atoms with Gasteiger partial charge in [-0.15, -0.1) is 0 Å². The fourth-order valence-corrected chi connectivity index (χ4v) is 3.32. The van der Waals surface area contributed by atoms with Crippen molar-refractivity contribution in [2.45, 2.75) is 38.5 Å². The molecule has 0 spiro atoms. The first-order valence-electron chi connectivity index (χ1n) is 9.15. The fourth-order valence-electron chi connectivity index (χ4n) is 3.32. The maximum atomic E-state index is 12.4. The van der Waals surface area contributed by atoms with Crippen LogP contribution in [-0.4, -0.2) is 40.5 Å². The van der Waals surface area contributed by atoms with Gasteiger partial charge in [0.05, 0.1) is 12.3 Å². The van der Waals surface area contributed by atoms with Crippen molar-refractivity contribution in [2.24, 2.45) is 0 Å². The molecule has 1 aliphatic rings. The zero-order chi connectivity index (χ0) is 18.4. The van der Waals surface area contributed by atoms with E-state index in [2.05, 4.69) is 9.97 Å². The van der Waals surface area contributed by atoms with Crippen molar-refractivity contribution in [1.82, 2.24) is 14.9 Å². The summed E-state index contributed by atoms with van der Waals surface area (Å²) < 4.78 is 5.63. The Morgan fingerprint density at radius 3 is 2.69 bits per heavy atom. The number of carbonyl (C=O) groups excluding carboxylic acids is 1. The molecule has 0 saturated carbocycles. The minimum absolute atomic E-state index is 0.107. The first-order valence-corrected chi connectivity index (χ1v) is 9.15. The van der Waals surface area contributed by atoms with E-state index in [1.807, 2.05) is 35.2 Å². The van der Waals surface area contributed by atoms with Crippen molar-refractivity contribution in [3.8, 4) is 5.75 Å². The van der Waals surface area contributed by atoms with Gasteiger partial charge in [0.25, 0.3) is 5.56 Å². The van der Waals surface area contributed by atoms with E-state index >= 15 is 0 Å². The Hall–Kier alpha value is -2.63. The molecule has 1 aromatic carbocycles. The topological polar surface area (TPSA) is 75.3 Å². The van der Waals surface area contributed by atoms with E-state index in [1.54, 1.807) is 13.0 Å². The van der Waals surface area contributed by atoms with E-state index in [1.165, 1.54) is 0 Å². The van der Waals surface area contributed by atoms with Gasteiger partial charge in [0, 0.05) is 31.5 Å². The molecule has 1 saturated heterocycles. The molecule has 0 bridgehead atoms. The van der Waals surface area contributed by atoms with Gasteiger partial charge in [0.1, 0.15) is 11.6 Å². The van der Waals surface area contributed by atoms with Gasteiger partial charge in [-0.1, -0.05) is 18.2 Å². The van der Waals surface area contributed by atoms with Gasteiger partial charge in [-0.2, -0.15) is 0 Å². The lowest BCUT2D eigenvalue weighted by Crippen LogP contribution is -2.38. The number of piperidine rings is 1. The Morgan fingerprint density at radius 1 is 1.27 bits per heavy atom. The second-order valence-electron chi connectivity index (χ2n) is 6.68. The van der Waals surface area contributed by atoms with E-state index in [9.17, 15) is 9.59 Å². The maximum absolute atomic E-state index is 12.4. The highest BCUT2D eigenvalue weighted by atomic mass is 16.5. The second kappa shape index (κ2) is 8.65. The highest BCUT2D eigenvalue weighted by Crippen LogP contribution is 2.26. The van der Waals surface area contributed by atoms with Crippen LogP contribution in [0, 0.1) is 6.92 Å². The van der Waals surface area contributed by atoms with E-state index < -0.39 is 0 Å². The zero-order valence-corrected chi connectivity index (χ0v) is 15.1. The third kappa shape index (κ3) is 4.94. The third-order valence-corrected chi connectivity index (χ3v) is 4.69. The average molecular weight is 355 g/mol. The van der Waals surface area contributed by atoms with Crippen LogP contribution in [0.15, 0.2) is 41.2 Å². The number of nitrogens with zero attached hydrogens (tertiary/aromatic N) is 2. The largest absolute Gasteiger partial charge is 0.494 e. The molecule has 0 radical (unpaired) electrons. The van der Waals surface area contributed by atoms with Gasteiger partial charge in [-0.25, -0.2) is 4.98 Å². The molecule has 1 N–H and O–H groups in total. The Kier molecular flexibility index (Phi) is 6.04. The van der Waals surface area contributed by atoms with Crippen LogP contribution in [0.4, 0.5) is 0 Å². The molecule has 26 heavy (non-hydrogen) atoms. The number of rotatable bonds is 6. The summed E-state index contributed by atoms with van der Waals surface area (Å²) in [5.74, 6) is 1.91. The highest BCUT2D eigenvalue weighted by Gasteiger charge is 2.24. The Bertz CT molecular complexity index is 780. The summed E-state index contributed by atoms with van der Waals surface area (Å²) in [6.07, 6.45) is 2.91. The molecule has 2 heterocycles. The van der Waals surface area contributed by atoms with Crippen LogP contribution in [0.25, 0.3) is 0 Å². The summed E-state index contributed by atoms with van der Waals surface area (Å²) in [7, 11) is 0. The summed E-state index contributed by atoms with van der Waals surface area (Å²) in [5.41, 5.74) is 0.735. The maximum Gasteiger partial charge on any atom is 0.251 e. The predicted molar refractivity (Wildman–Crippen MR) is 99.3 cm³/mol. The van der Waals surface area contributed by atoms with E-state index in [-0.39, 0.29) is 17.4 Å². The van der Waals surface area contributed by atoms with Crippen LogP contribution in [0.1, 0.15) is 43.1 Å². The number of hydrogen-bond donors (Lipinski definition) is 1. The molecule has 3 rings (SSSR count). The summed E-state index contributed by atoms with van der Waals surface area (Å²) in [5, 5.41) is 0.